The van der Waals surface area contributed by atoms with Crippen molar-refractivity contribution in [3.05, 3.63) is 20.8 Å². The predicted octanol–water partition coefficient (Wildman–Crippen LogP) is 3.48. The van der Waals surface area contributed by atoms with Gasteiger partial charge in [0.1, 0.15) is 0 Å². The van der Waals surface area contributed by atoms with Gasteiger partial charge in [0.2, 0.25) is 5.91 Å². The van der Waals surface area contributed by atoms with Gasteiger partial charge in [-0.05, 0) is 36.8 Å². The van der Waals surface area contributed by atoms with Crippen molar-refractivity contribution >= 4 is 28.8 Å². The fourth-order valence-corrected chi connectivity index (χ4v) is 4.13. The Morgan fingerprint density at radius 1 is 1.55 bits per heavy atom. The molecule has 0 aromatic carbocycles. The summed E-state index contributed by atoms with van der Waals surface area (Å²) in [6, 6.07) is 2.21. The smallest absolute Gasteiger partial charge is 0.239 e. The van der Waals surface area contributed by atoms with Crippen LogP contribution < -0.4 is 5.32 Å². The second-order valence-corrected chi connectivity index (χ2v) is 7.87. The lowest BCUT2D eigenvalue weighted by molar-refractivity contribution is -0.131. The molecule has 1 aromatic rings. The van der Waals surface area contributed by atoms with Crippen molar-refractivity contribution in [3.8, 4) is 0 Å². The zero-order valence-electron chi connectivity index (χ0n) is 12.6. The summed E-state index contributed by atoms with van der Waals surface area (Å²) in [5.41, 5.74) is 1.29. The van der Waals surface area contributed by atoms with Gasteiger partial charge in [0, 0.05) is 25.0 Å². The van der Waals surface area contributed by atoms with E-state index in [0.717, 1.165) is 23.6 Å². The third kappa shape index (κ3) is 3.54. The molecule has 2 rings (SSSR count). The van der Waals surface area contributed by atoms with Crippen LogP contribution in [0.5, 0.6) is 0 Å². The van der Waals surface area contributed by atoms with Crippen molar-refractivity contribution in [1.82, 2.24) is 10.2 Å². The number of hydrogen-bond acceptors (Lipinski definition) is 3. The van der Waals surface area contributed by atoms with Crippen molar-refractivity contribution in [2.45, 2.75) is 45.2 Å². The fraction of sp³-hybridized carbons (Fsp3) is 0.667. The highest BCUT2D eigenvalue weighted by Crippen LogP contribution is 2.39. The van der Waals surface area contributed by atoms with E-state index in [1.165, 1.54) is 10.4 Å². The summed E-state index contributed by atoms with van der Waals surface area (Å²) in [5, 5.41) is 3.55. The Labute approximate surface area is 130 Å². The standard InChI is InChI=1S/C15H23ClN2OS/c1-9(2)7-12(15(19)18(3)4)17-11-5-6-13-10(11)8-14(16)20-13/h8-9,11-12,17H,5-7H2,1-4H3. The molecular formula is C15H23ClN2OS. The van der Waals surface area contributed by atoms with Crippen molar-refractivity contribution in [3.63, 3.8) is 0 Å². The molecule has 1 N–H and O–H groups in total. The molecule has 1 amide bonds. The number of halogens is 1. The summed E-state index contributed by atoms with van der Waals surface area (Å²) in [6.45, 7) is 4.30. The van der Waals surface area contributed by atoms with E-state index in [1.807, 2.05) is 14.1 Å². The quantitative estimate of drug-likeness (QED) is 0.902. The Kier molecular flexibility index (Phi) is 5.10. The monoisotopic (exact) mass is 314 g/mol. The van der Waals surface area contributed by atoms with Crippen LogP contribution in [0.4, 0.5) is 0 Å². The van der Waals surface area contributed by atoms with Crippen LogP contribution >= 0.6 is 22.9 Å². The highest BCUT2D eigenvalue weighted by molar-refractivity contribution is 7.16. The van der Waals surface area contributed by atoms with Crippen LogP contribution in [0.15, 0.2) is 6.07 Å². The van der Waals surface area contributed by atoms with E-state index in [0.29, 0.717) is 5.92 Å². The molecule has 1 aliphatic carbocycles. The summed E-state index contributed by atoms with van der Waals surface area (Å²) < 4.78 is 0.848. The summed E-state index contributed by atoms with van der Waals surface area (Å²) in [6.07, 6.45) is 2.99. The molecule has 0 aliphatic heterocycles. The average Bonchev–Trinajstić information content (AvgIpc) is 2.87. The predicted molar refractivity (Wildman–Crippen MR) is 85.5 cm³/mol. The van der Waals surface area contributed by atoms with Crippen molar-refractivity contribution in [2.75, 3.05) is 14.1 Å². The molecule has 0 fully saturated rings. The molecule has 0 radical (unpaired) electrons. The molecule has 1 aliphatic rings. The number of amides is 1. The molecule has 2 atom stereocenters. The third-order valence-corrected chi connectivity index (χ3v) is 5.04. The second-order valence-electron chi connectivity index (χ2n) is 6.10. The van der Waals surface area contributed by atoms with Gasteiger partial charge in [-0.3, -0.25) is 10.1 Å². The Morgan fingerprint density at radius 2 is 2.25 bits per heavy atom. The number of fused-ring (bicyclic) bond motifs is 1. The molecule has 5 heteroatoms. The average molecular weight is 315 g/mol. The Hall–Kier alpha value is -0.580. The van der Waals surface area contributed by atoms with E-state index >= 15 is 0 Å². The van der Waals surface area contributed by atoms with Gasteiger partial charge in [0.05, 0.1) is 10.4 Å². The lowest BCUT2D eigenvalue weighted by Gasteiger charge is -2.26. The van der Waals surface area contributed by atoms with Gasteiger partial charge in [0.15, 0.2) is 0 Å². The minimum Gasteiger partial charge on any atom is -0.347 e. The maximum atomic E-state index is 12.3. The first kappa shape index (κ1) is 15.8. The molecular weight excluding hydrogens is 292 g/mol. The summed E-state index contributed by atoms with van der Waals surface area (Å²) in [7, 11) is 3.64. The van der Waals surface area contributed by atoms with Crippen molar-refractivity contribution < 1.29 is 4.79 Å². The molecule has 0 spiro atoms. The first-order valence-corrected chi connectivity index (χ1v) is 8.33. The molecule has 2 unspecified atom stereocenters. The number of aryl methyl sites for hydroxylation is 1. The Bertz CT molecular complexity index is 484. The number of hydrogen-bond donors (Lipinski definition) is 1. The highest BCUT2D eigenvalue weighted by Gasteiger charge is 2.30. The van der Waals surface area contributed by atoms with Crippen molar-refractivity contribution in [1.29, 1.82) is 0 Å². The largest absolute Gasteiger partial charge is 0.347 e. The zero-order chi connectivity index (χ0) is 14.9. The molecule has 0 saturated carbocycles. The third-order valence-electron chi connectivity index (χ3n) is 3.70. The Balaban J connectivity index is 2.10. The number of carbonyl (C=O) groups is 1. The van der Waals surface area contributed by atoms with Gasteiger partial charge >= 0.3 is 0 Å². The first-order chi connectivity index (χ1) is 9.38. The highest BCUT2D eigenvalue weighted by atomic mass is 35.5. The lowest BCUT2D eigenvalue weighted by atomic mass is 10.0. The summed E-state index contributed by atoms with van der Waals surface area (Å²) >= 11 is 7.76. The molecule has 112 valence electrons. The van der Waals surface area contributed by atoms with Gasteiger partial charge in [0.25, 0.3) is 0 Å². The second kappa shape index (κ2) is 6.46. The van der Waals surface area contributed by atoms with E-state index in [4.69, 9.17) is 11.6 Å². The van der Waals surface area contributed by atoms with Crippen LogP contribution in [-0.4, -0.2) is 30.9 Å². The van der Waals surface area contributed by atoms with Gasteiger partial charge in [-0.15, -0.1) is 11.3 Å². The summed E-state index contributed by atoms with van der Waals surface area (Å²) in [5.74, 6) is 0.650. The molecule has 20 heavy (non-hydrogen) atoms. The number of carbonyl (C=O) groups excluding carboxylic acids is 1. The van der Waals surface area contributed by atoms with Crippen molar-refractivity contribution in [2.24, 2.45) is 5.92 Å². The molecule has 3 nitrogen and oxygen atoms in total. The zero-order valence-corrected chi connectivity index (χ0v) is 14.1. The van der Waals surface area contributed by atoms with Gasteiger partial charge in [-0.2, -0.15) is 0 Å². The lowest BCUT2D eigenvalue weighted by Crippen LogP contribution is -2.45. The maximum Gasteiger partial charge on any atom is 0.239 e. The number of likely N-dealkylation sites (N-methyl/N-ethyl adjacent to an activating group) is 1. The van der Waals surface area contributed by atoms with Gasteiger partial charge in [-0.1, -0.05) is 25.4 Å². The molecule has 1 aromatic heterocycles. The molecule has 1 heterocycles. The maximum absolute atomic E-state index is 12.3. The van der Waals surface area contributed by atoms with E-state index in [2.05, 4.69) is 25.2 Å². The number of nitrogens with zero attached hydrogens (tertiary/aromatic N) is 1. The van der Waals surface area contributed by atoms with Crippen LogP contribution in [0.1, 0.15) is 43.2 Å². The van der Waals surface area contributed by atoms with Crippen LogP contribution in [0.3, 0.4) is 0 Å². The van der Waals surface area contributed by atoms with Gasteiger partial charge < -0.3 is 4.90 Å². The topological polar surface area (TPSA) is 32.3 Å². The molecule has 0 bridgehead atoms. The van der Waals surface area contributed by atoms with Gasteiger partial charge in [-0.25, -0.2) is 0 Å². The van der Waals surface area contributed by atoms with Crippen LogP contribution in [0.2, 0.25) is 4.34 Å². The van der Waals surface area contributed by atoms with E-state index in [1.54, 1.807) is 16.2 Å². The minimum absolute atomic E-state index is 0.111. The number of nitrogens with one attached hydrogen (secondary N) is 1. The van der Waals surface area contributed by atoms with E-state index in [-0.39, 0.29) is 18.0 Å². The minimum atomic E-state index is -0.111. The first-order valence-electron chi connectivity index (χ1n) is 7.13. The summed E-state index contributed by atoms with van der Waals surface area (Å²) in [4.78, 5) is 15.4. The number of rotatable bonds is 5. The van der Waals surface area contributed by atoms with E-state index in [9.17, 15) is 4.79 Å². The normalized spacial score (nSPS) is 19.2. The SMILES string of the molecule is CC(C)CC(NC1CCc2sc(Cl)cc21)C(=O)N(C)C. The number of thiophene rings is 1. The molecule has 0 saturated heterocycles. The van der Waals surface area contributed by atoms with E-state index < -0.39 is 0 Å². The fourth-order valence-electron chi connectivity index (χ4n) is 2.77. The van der Waals surface area contributed by atoms with Crippen LogP contribution in [-0.2, 0) is 11.2 Å². The van der Waals surface area contributed by atoms with Crippen LogP contribution in [0, 0.1) is 5.92 Å². The Morgan fingerprint density at radius 3 is 2.85 bits per heavy atom. The van der Waals surface area contributed by atoms with Crippen LogP contribution in [0.25, 0.3) is 0 Å².